The van der Waals surface area contributed by atoms with Gasteiger partial charge in [-0.1, -0.05) is 0 Å². The molecule has 8 heteroatoms. The van der Waals surface area contributed by atoms with Crippen LogP contribution in [0.5, 0.6) is 0 Å². The fourth-order valence-electron chi connectivity index (χ4n) is 3.26. The molecule has 1 atom stereocenters. The maximum absolute atomic E-state index is 15.0. The van der Waals surface area contributed by atoms with E-state index in [-0.39, 0.29) is 34.3 Å². The summed E-state index contributed by atoms with van der Waals surface area (Å²) in [6, 6.07) is 1.09. The second-order valence-corrected chi connectivity index (χ2v) is 6.88. The molecule has 1 saturated heterocycles. The molecule has 1 aliphatic heterocycles. The fraction of sp³-hybridized carbons (Fsp3) is 0.444. The third kappa shape index (κ3) is 2.94. The van der Waals surface area contributed by atoms with Crippen LogP contribution in [0.2, 0.25) is 0 Å². The van der Waals surface area contributed by atoms with E-state index in [9.17, 15) is 18.4 Å². The van der Waals surface area contributed by atoms with Crippen molar-refractivity contribution in [1.82, 2.24) is 10.3 Å². The third-order valence-corrected chi connectivity index (χ3v) is 4.75. The summed E-state index contributed by atoms with van der Waals surface area (Å²) in [5.41, 5.74) is -1.25. The van der Waals surface area contributed by atoms with E-state index >= 15 is 0 Å². The number of halogens is 2. The van der Waals surface area contributed by atoms with Gasteiger partial charge in [0, 0.05) is 31.9 Å². The van der Waals surface area contributed by atoms with Crippen LogP contribution in [0.3, 0.4) is 0 Å². The van der Waals surface area contributed by atoms with Crippen LogP contribution in [0.1, 0.15) is 30.1 Å². The minimum atomic E-state index is -0.826. The van der Waals surface area contributed by atoms with Gasteiger partial charge in [0.15, 0.2) is 5.82 Å². The number of hydrogen-bond donors (Lipinski definition) is 2. The van der Waals surface area contributed by atoms with Crippen molar-refractivity contribution in [3.63, 3.8) is 0 Å². The van der Waals surface area contributed by atoms with Crippen LogP contribution in [0.15, 0.2) is 17.1 Å². The van der Waals surface area contributed by atoms with Gasteiger partial charge in [0.25, 0.3) is 0 Å². The Morgan fingerprint density at radius 1 is 1.35 bits per heavy atom. The predicted octanol–water partition coefficient (Wildman–Crippen LogP) is 1.92. The highest BCUT2D eigenvalue weighted by molar-refractivity contribution is 5.94. The highest BCUT2D eigenvalue weighted by Crippen LogP contribution is 2.30. The van der Waals surface area contributed by atoms with Crippen LogP contribution in [0.4, 0.5) is 14.5 Å². The monoisotopic (exact) mass is 363 g/mol. The Morgan fingerprint density at radius 3 is 2.81 bits per heavy atom. The number of ether oxygens (including phenoxy) is 1. The van der Waals surface area contributed by atoms with Gasteiger partial charge in [0.2, 0.25) is 5.43 Å². The summed E-state index contributed by atoms with van der Waals surface area (Å²) in [5.74, 6) is -2.41. The maximum atomic E-state index is 15.0. The lowest BCUT2D eigenvalue weighted by molar-refractivity contribution is 0.0470. The Kier molecular flexibility index (Phi) is 4.14. The summed E-state index contributed by atoms with van der Waals surface area (Å²) >= 11 is 0. The number of rotatable bonds is 3. The van der Waals surface area contributed by atoms with Crippen LogP contribution in [0.25, 0.3) is 10.9 Å². The van der Waals surface area contributed by atoms with Gasteiger partial charge < -0.3 is 19.9 Å². The summed E-state index contributed by atoms with van der Waals surface area (Å²) in [7, 11) is 0. The molecule has 2 heterocycles. The molecule has 0 amide bonds. The Labute approximate surface area is 148 Å². The first-order valence-corrected chi connectivity index (χ1v) is 8.68. The van der Waals surface area contributed by atoms with E-state index in [1.54, 1.807) is 4.90 Å². The van der Waals surface area contributed by atoms with Crippen molar-refractivity contribution >= 4 is 22.6 Å². The van der Waals surface area contributed by atoms with Crippen molar-refractivity contribution in [3.05, 3.63) is 39.7 Å². The van der Waals surface area contributed by atoms with Gasteiger partial charge in [0.1, 0.15) is 23.2 Å². The minimum absolute atomic E-state index is 0.0943. The zero-order valence-corrected chi connectivity index (χ0v) is 14.3. The molecule has 0 radical (unpaired) electrons. The first-order valence-electron chi connectivity index (χ1n) is 8.68. The standard InChI is InChI=1S/C18H19F2N3O3/c1-9-8-23(5-4-21-9)16-13(19)6-11-15(14(16)20)22-7-12(17(11)24)18(25)26-10-2-3-10/h6-7,9-10,21H,2-5,8H2,1H3,(H,22,24). The van der Waals surface area contributed by atoms with Crippen molar-refractivity contribution in [2.24, 2.45) is 0 Å². The third-order valence-electron chi connectivity index (χ3n) is 4.75. The Hall–Kier alpha value is -2.48. The van der Waals surface area contributed by atoms with E-state index < -0.39 is 23.0 Å². The highest BCUT2D eigenvalue weighted by Gasteiger charge is 2.29. The number of piperazine rings is 1. The Bertz CT molecular complexity index is 939. The van der Waals surface area contributed by atoms with Gasteiger partial charge in [0.05, 0.1) is 10.9 Å². The first kappa shape index (κ1) is 17.0. The smallest absolute Gasteiger partial charge is 0.343 e. The maximum Gasteiger partial charge on any atom is 0.343 e. The van der Waals surface area contributed by atoms with Crippen molar-refractivity contribution < 1.29 is 18.3 Å². The van der Waals surface area contributed by atoms with Crippen molar-refractivity contribution in [1.29, 1.82) is 0 Å². The van der Waals surface area contributed by atoms with E-state index in [1.165, 1.54) is 0 Å². The largest absolute Gasteiger partial charge is 0.459 e. The molecule has 1 saturated carbocycles. The van der Waals surface area contributed by atoms with Gasteiger partial charge in [-0.2, -0.15) is 0 Å². The normalized spacial score (nSPS) is 20.4. The zero-order chi connectivity index (χ0) is 18.4. The average molecular weight is 363 g/mol. The van der Waals surface area contributed by atoms with Gasteiger partial charge in [-0.15, -0.1) is 0 Å². The second kappa shape index (κ2) is 6.35. The molecule has 2 aromatic rings. The molecule has 2 N–H and O–H groups in total. The van der Waals surface area contributed by atoms with E-state index in [0.717, 1.165) is 25.1 Å². The molecule has 2 aliphatic rings. The number of anilines is 1. The average Bonchev–Trinajstić information content (AvgIpc) is 3.40. The summed E-state index contributed by atoms with van der Waals surface area (Å²) in [6.45, 7) is 3.46. The number of nitrogens with zero attached hydrogens (tertiary/aromatic N) is 1. The van der Waals surface area contributed by atoms with Gasteiger partial charge in [-0.25, -0.2) is 13.6 Å². The lowest BCUT2D eigenvalue weighted by atomic mass is 10.1. The number of aromatic nitrogens is 1. The number of nitrogens with one attached hydrogen (secondary N) is 2. The topological polar surface area (TPSA) is 74.4 Å². The molecule has 0 spiro atoms. The van der Waals surface area contributed by atoms with Crippen molar-refractivity contribution in [2.45, 2.75) is 31.9 Å². The lowest BCUT2D eigenvalue weighted by Gasteiger charge is -2.34. The molecule has 4 rings (SSSR count). The van der Waals surface area contributed by atoms with E-state index in [2.05, 4.69) is 10.3 Å². The number of carbonyl (C=O) groups excluding carboxylic acids is 1. The van der Waals surface area contributed by atoms with Crippen molar-refractivity contribution in [2.75, 3.05) is 24.5 Å². The Morgan fingerprint density at radius 2 is 2.12 bits per heavy atom. The summed E-state index contributed by atoms with van der Waals surface area (Å²) in [4.78, 5) is 28.8. The number of carbonyl (C=O) groups is 1. The number of hydrogen-bond acceptors (Lipinski definition) is 5. The molecule has 1 unspecified atom stereocenters. The van der Waals surface area contributed by atoms with Gasteiger partial charge in [-0.3, -0.25) is 4.79 Å². The second-order valence-electron chi connectivity index (χ2n) is 6.88. The number of aromatic amines is 1. The lowest BCUT2D eigenvalue weighted by Crippen LogP contribution is -2.49. The van der Waals surface area contributed by atoms with Crippen LogP contribution in [-0.2, 0) is 4.74 Å². The minimum Gasteiger partial charge on any atom is -0.459 e. The fourth-order valence-corrected chi connectivity index (χ4v) is 3.26. The first-order chi connectivity index (χ1) is 12.5. The van der Waals surface area contributed by atoms with Crippen LogP contribution in [-0.4, -0.2) is 42.7 Å². The summed E-state index contributed by atoms with van der Waals surface area (Å²) in [6.07, 6.45) is 2.52. The molecule has 2 fully saturated rings. The molecule has 0 bridgehead atoms. The van der Waals surface area contributed by atoms with Crippen molar-refractivity contribution in [3.8, 4) is 0 Å². The molecule has 26 heavy (non-hydrogen) atoms. The highest BCUT2D eigenvalue weighted by atomic mass is 19.1. The summed E-state index contributed by atoms with van der Waals surface area (Å²) < 4.78 is 34.7. The molecular formula is C18H19F2N3O3. The quantitative estimate of drug-likeness (QED) is 0.815. The van der Waals surface area contributed by atoms with Crippen LogP contribution >= 0.6 is 0 Å². The SMILES string of the molecule is CC1CN(c2c(F)cc3c(=O)c(C(=O)OC4CC4)c[nH]c3c2F)CCN1. The number of H-pyrrole nitrogens is 1. The molecule has 6 nitrogen and oxygen atoms in total. The number of esters is 1. The van der Waals surface area contributed by atoms with Crippen LogP contribution in [0, 0.1) is 11.6 Å². The van der Waals surface area contributed by atoms with E-state index in [0.29, 0.717) is 19.6 Å². The molecule has 1 aliphatic carbocycles. The molecule has 138 valence electrons. The van der Waals surface area contributed by atoms with Gasteiger partial charge >= 0.3 is 5.97 Å². The number of benzene rings is 1. The summed E-state index contributed by atoms with van der Waals surface area (Å²) in [5, 5.41) is 3.01. The number of pyridine rings is 1. The predicted molar refractivity (Wildman–Crippen MR) is 92.6 cm³/mol. The molecule has 1 aromatic carbocycles. The van der Waals surface area contributed by atoms with Gasteiger partial charge in [-0.05, 0) is 25.8 Å². The molecule has 1 aromatic heterocycles. The van der Waals surface area contributed by atoms with E-state index in [4.69, 9.17) is 4.74 Å². The Balaban J connectivity index is 1.78. The van der Waals surface area contributed by atoms with Crippen LogP contribution < -0.4 is 15.6 Å². The number of fused-ring (bicyclic) bond motifs is 1. The molecular weight excluding hydrogens is 344 g/mol. The zero-order valence-electron chi connectivity index (χ0n) is 14.3. The van der Waals surface area contributed by atoms with E-state index in [1.807, 2.05) is 6.92 Å².